The Morgan fingerprint density at radius 3 is 0.887 bits per heavy atom. The molecule has 10 heteroatoms. The largest absolute Gasteiger partial charge is 0.478 e. The van der Waals surface area contributed by atoms with E-state index in [1.165, 1.54) is 77.7 Å². The molecule has 6 aromatic carbocycles. The minimum atomic E-state index is -0.861. The summed E-state index contributed by atoms with van der Waals surface area (Å²) in [6.07, 6.45) is 0. The van der Waals surface area contributed by atoms with Crippen LogP contribution in [-0.2, 0) is 0 Å². The molecule has 0 saturated heterocycles. The number of fused-ring (bicyclic) bond motifs is 8. The number of benzene rings is 6. The van der Waals surface area contributed by atoms with Crippen LogP contribution in [0.4, 0.5) is 11.4 Å². The van der Waals surface area contributed by atoms with Crippen LogP contribution in [0.1, 0.15) is 345 Å². The van der Waals surface area contributed by atoms with Crippen LogP contribution in [0.15, 0.2) is 24.3 Å². The summed E-state index contributed by atoms with van der Waals surface area (Å²) >= 11 is 0. The molecule has 6 aromatic rings. The maximum atomic E-state index is 13.6. The standard InChI is InChI=1S/2C48H62N2O3/c2*1-19-20(2)28(10)40(48(51)52)39(27(19)9)43-37-17-35-25(7)21(3)31(13)49-33(15)23(5)29(11)41(44(35)49)46(37)53-47-38(43)18-36-26(8)22(4)32(14)50-34(16)24(6)30(12)42(47)45(36)50/h2*17-18,21-26,29-34H,1-16H3/p+2. The highest BCUT2D eigenvalue weighted by atomic mass is 16.5. The van der Waals surface area contributed by atoms with Crippen LogP contribution in [0.2, 0.25) is 0 Å². The van der Waals surface area contributed by atoms with Crippen LogP contribution in [0.3, 0.4) is 0 Å². The maximum absolute atomic E-state index is 13.6. The average molecular weight is 1430 g/mol. The summed E-state index contributed by atoms with van der Waals surface area (Å²) in [5.41, 5.74) is 28.6. The maximum Gasteiger partial charge on any atom is 0.336 e. The van der Waals surface area contributed by atoms with Gasteiger partial charge in [0, 0.05) is 137 Å². The summed E-state index contributed by atoms with van der Waals surface area (Å²) in [6.45, 7) is 74.7. The fourth-order valence-corrected chi connectivity index (χ4v) is 23.7. The molecule has 10 aliphatic rings. The first-order chi connectivity index (χ1) is 49.7. The summed E-state index contributed by atoms with van der Waals surface area (Å²) in [7, 11) is 0. The van der Waals surface area contributed by atoms with Gasteiger partial charge in [-0.2, -0.15) is 0 Å². The number of hydrogen-bond donors (Lipinski definition) is 2. The van der Waals surface area contributed by atoms with E-state index in [-0.39, 0.29) is 23.7 Å². The Bertz CT molecular complexity index is 4830. The average Bonchev–Trinajstić information content (AvgIpc) is 0.689. The van der Waals surface area contributed by atoms with Gasteiger partial charge in [0.15, 0.2) is 24.2 Å². The molecule has 564 valence electrons. The van der Waals surface area contributed by atoms with Crippen LogP contribution >= 0.6 is 0 Å². The molecule has 10 heterocycles. The van der Waals surface area contributed by atoms with Gasteiger partial charge in [-0.25, -0.2) is 18.7 Å². The molecule has 0 amide bonds. The number of carboxylic acid groups (broad SMARTS) is 2. The predicted molar refractivity (Wildman–Crippen MR) is 436 cm³/mol. The monoisotopic (exact) mass is 1430 g/mol. The lowest BCUT2D eigenvalue weighted by molar-refractivity contribution is 0.0684. The van der Waals surface area contributed by atoms with Gasteiger partial charge in [-0.3, -0.25) is 0 Å². The lowest BCUT2D eigenvalue weighted by Gasteiger charge is -2.54. The van der Waals surface area contributed by atoms with Crippen LogP contribution in [0.25, 0.3) is 11.1 Å². The molecule has 16 rings (SSSR count). The van der Waals surface area contributed by atoms with Crippen LogP contribution in [0.5, 0.6) is 23.0 Å². The summed E-state index contributed by atoms with van der Waals surface area (Å²) < 4.78 is 20.8. The van der Waals surface area contributed by atoms with E-state index in [0.717, 1.165) is 100 Å². The van der Waals surface area contributed by atoms with Crippen molar-refractivity contribution >= 4 is 34.5 Å². The molecule has 2 N–H and O–H groups in total. The molecule has 0 spiro atoms. The van der Waals surface area contributed by atoms with E-state index in [1.807, 2.05) is 13.8 Å². The van der Waals surface area contributed by atoms with E-state index in [2.05, 4.69) is 251 Å². The first kappa shape index (κ1) is 74.3. The van der Waals surface area contributed by atoms with Gasteiger partial charge in [-0.1, -0.05) is 111 Å². The number of ether oxygens (including phenoxy) is 2. The van der Waals surface area contributed by atoms with Crippen molar-refractivity contribution < 1.29 is 29.3 Å². The third kappa shape index (κ3) is 9.56. The summed E-state index contributed by atoms with van der Waals surface area (Å²) in [4.78, 5) is 32.7. The van der Waals surface area contributed by atoms with Crippen molar-refractivity contribution in [1.29, 1.82) is 0 Å². The van der Waals surface area contributed by atoms with Gasteiger partial charge >= 0.3 is 11.9 Å². The Kier molecular flexibility index (Phi) is 17.6. The second-order valence-corrected chi connectivity index (χ2v) is 37.2. The molecule has 0 aliphatic carbocycles. The molecule has 0 saturated carbocycles. The van der Waals surface area contributed by atoms with Crippen molar-refractivity contribution in [2.24, 2.45) is 47.3 Å². The zero-order valence-corrected chi connectivity index (χ0v) is 70.5. The molecular formula is C96H126N4O6+2. The van der Waals surface area contributed by atoms with Crippen molar-refractivity contribution in [3.8, 4) is 23.0 Å². The third-order valence-electron chi connectivity index (χ3n) is 33.8. The molecule has 106 heavy (non-hydrogen) atoms. The number of rotatable bonds is 4. The van der Waals surface area contributed by atoms with Gasteiger partial charge in [-0.15, -0.1) is 0 Å². The van der Waals surface area contributed by atoms with Crippen molar-refractivity contribution in [2.75, 3.05) is 9.80 Å². The van der Waals surface area contributed by atoms with Crippen molar-refractivity contribution in [2.45, 2.75) is 317 Å². The normalized spacial score (nSPS) is 33.8. The molecule has 24 unspecified atom stereocenters. The molecule has 0 fully saturated rings. The molecule has 0 bridgehead atoms. The molecule has 10 aliphatic heterocycles. The fraction of sp³-hybridized carbons (Fsp3) is 0.583. The van der Waals surface area contributed by atoms with Crippen LogP contribution < -0.4 is 49.6 Å². The number of carbonyl (C=O) groups is 2. The number of nitrogens with zero attached hydrogens (tertiary/aromatic N) is 4. The Labute approximate surface area is 634 Å². The molecular weight excluding hydrogens is 1310 g/mol. The van der Waals surface area contributed by atoms with E-state index in [9.17, 15) is 19.8 Å². The molecule has 0 radical (unpaired) electrons. The van der Waals surface area contributed by atoms with Crippen molar-refractivity contribution in [3.63, 3.8) is 0 Å². The van der Waals surface area contributed by atoms with E-state index in [4.69, 9.17) is 9.47 Å². The second kappa shape index (κ2) is 25.2. The number of hydrogen-bond acceptors (Lipinski definition) is 6. The zero-order chi connectivity index (χ0) is 77.2. The number of aromatic carboxylic acids is 2. The van der Waals surface area contributed by atoms with E-state index in [1.54, 1.807) is 0 Å². The first-order valence-corrected chi connectivity index (χ1v) is 41.4. The molecule has 10 nitrogen and oxygen atoms in total. The Hall–Kier alpha value is -7.20. The number of anilines is 2. The van der Waals surface area contributed by atoms with Crippen LogP contribution in [0, 0.1) is 103 Å². The van der Waals surface area contributed by atoms with Gasteiger partial charge in [0.05, 0.1) is 22.3 Å². The van der Waals surface area contributed by atoms with Gasteiger partial charge in [0.2, 0.25) is 10.7 Å². The van der Waals surface area contributed by atoms with Crippen molar-refractivity contribution in [3.05, 3.63) is 168 Å². The lowest BCUT2D eigenvalue weighted by Crippen LogP contribution is -2.59. The Morgan fingerprint density at radius 2 is 0.585 bits per heavy atom. The first-order valence-electron chi connectivity index (χ1n) is 41.4. The van der Waals surface area contributed by atoms with Gasteiger partial charge in [0.1, 0.15) is 23.0 Å². The quantitative estimate of drug-likeness (QED) is 0.168. The third-order valence-corrected chi connectivity index (χ3v) is 33.8. The van der Waals surface area contributed by atoms with Crippen molar-refractivity contribution in [1.82, 2.24) is 9.15 Å². The van der Waals surface area contributed by atoms with Gasteiger partial charge < -0.3 is 29.5 Å². The van der Waals surface area contributed by atoms with E-state index < -0.39 is 11.9 Å². The molecule has 24 atom stereocenters. The zero-order valence-electron chi connectivity index (χ0n) is 70.5. The van der Waals surface area contributed by atoms with Gasteiger partial charge in [-0.05, 0) is 250 Å². The topological polar surface area (TPSA) is 106 Å². The Balaban J connectivity index is 0.000000170. The predicted octanol–water partition coefficient (Wildman–Crippen LogP) is 19.7. The minimum Gasteiger partial charge on any atom is -0.478 e. The highest BCUT2D eigenvalue weighted by Gasteiger charge is 2.54. The lowest BCUT2D eigenvalue weighted by atomic mass is 9.68. The van der Waals surface area contributed by atoms with Gasteiger partial charge in [0.25, 0.3) is 0 Å². The highest BCUT2D eigenvalue weighted by Crippen LogP contribution is 2.62. The van der Waals surface area contributed by atoms with E-state index >= 15 is 0 Å². The minimum absolute atomic E-state index is 0.268. The summed E-state index contributed by atoms with van der Waals surface area (Å²) in [6, 6.07) is 13.0. The highest BCUT2D eigenvalue weighted by molar-refractivity contribution is 6.04. The van der Waals surface area contributed by atoms with Crippen LogP contribution in [-0.4, -0.2) is 70.5 Å². The SMILES string of the molecule is Cc1c(C)c(C)c(C2=c3cc4c5c(c3Oc3c2cc2c6c3C(C)C(C)C(C)N6C(C)C(C)C2C)C(C)C(C)C(C)[N+]=5C(C)C(C)C4C)c(C(=O)O)c1C.Cc1c(C)c(C)c(C2=c3cc4c5c(c3Oc3c2cc2c6c3C(C)C(C)C(C)N6C(C)C(C)C2C)C(C)C(C)C(C)[N+]=5C(C)C(C)C4C)c(C(=O)O)c1C. The smallest absolute Gasteiger partial charge is 0.336 e. The summed E-state index contributed by atoms with van der Waals surface area (Å²) in [5, 5.41) is 27.2. The fourth-order valence-electron chi connectivity index (χ4n) is 23.7. The summed E-state index contributed by atoms with van der Waals surface area (Å²) in [5.74, 6) is 8.08. The Morgan fingerprint density at radius 1 is 0.321 bits per heavy atom. The number of carboxylic acids is 2. The molecule has 0 aromatic heterocycles. The second-order valence-electron chi connectivity index (χ2n) is 37.2. The van der Waals surface area contributed by atoms with E-state index in [0.29, 0.717) is 130 Å².